The highest BCUT2D eigenvalue weighted by atomic mass is 32.2. The van der Waals surface area contributed by atoms with Gasteiger partial charge in [-0.15, -0.1) is 0 Å². The van der Waals surface area contributed by atoms with Crippen LogP contribution in [0.15, 0.2) is 0 Å². The molecule has 1 N–H and O–H groups in total. The molecule has 2 aliphatic rings. The molecule has 2 rings (SSSR count). The monoisotopic (exact) mass is 229 g/mol. The van der Waals surface area contributed by atoms with Gasteiger partial charge in [-0.25, -0.2) is 0 Å². The Hall–Kier alpha value is 0.230. The van der Waals surface area contributed by atoms with Gasteiger partial charge in [0.05, 0.1) is 0 Å². The van der Waals surface area contributed by atoms with Gasteiger partial charge in [-0.1, -0.05) is 0 Å². The van der Waals surface area contributed by atoms with Crippen molar-refractivity contribution in [2.75, 3.05) is 63.9 Å². The number of nitrogens with one attached hydrogen (secondary N) is 1. The fourth-order valence-electron chi connectivity index (χ4n) is 2.23. The molecule has 0 bridgehead atoms. The molecule has 88 valence electrons. The molecule has 2 aliphatic heterocycles. The number of hydrogen-bond acceptors (Lipinski definition) is 4. The van der Waals surface area contributed by atoms with Crippen LogP contribution in [-0.4, -0.2) is 73.7 Å². The van der Waals surface area contributed by atoms with Crippen LogP contribution >= 0.6 is 11.8 Å². The molecule has 0 aliphatic carbocycles. The molecule has 0 saturated carbocycles. The Morgan fingerprint density at radius 1 is 0.867 bits per heavy atom. The van der Waals surface area contributed by atoms with Crippen molar-refractivity contribution in [2.24, 2.45) is 0 Å². The summed E-state index contributed by atoms with van der Waals surface area (Å²) < 4.78 is 0. The zero-order valence-electron chi connectivity index (χ0n) is 9.58. The van der Waals surface area contributed by atoms with Gasteiger partial charge in [-0.2, -0.15) is 11.8 Å². The summed E-state index contributed by atoms with van der Waals surface area (Å²) in [6.45, 7) is 10.1. The lowest BCUT2D eigenvalue weighted by molar-refractivity contribution is 0.222. The minimum absolute atomic E-state index is 1.18. The molecule has 0 aromatic rings. The van der Waals surface area contributed by atoms with Crippen LogP contribution < -0.4 is 5.32 Å². The fraction of sp³-hybridized carbons (Fsp3) is 1.00. The Bertz CT molecular complexity index is 163. The van der Waals surface area contributed by atoms with Crippen molar-refractivity contribution in [2.45, 2.75) is 6.42 Å². The molecule has 3 nitrogen and oxygen atoms in total. The van der Waals surface area contributed by atoms with Crippen LogP contribution in [0.3, 0.4) is 0 Å². The second kappa shape index (κ2) is 6.74. The second-order valence-corrected chi connectivity index (χ2v) is 5.62. The Balaban J connectivity index is 1.62. The maximum Gasteiger partial charge on any atom is 0.0110 e. The number of hydrogen-bond donors (Lipinski definition) is 1. The summed E-state index contributed by atoms with van der Waals surface area (Å²) in [4.78, 5) is 5.23. The van der Waals surface area contributed by atoms with E-state index in [-0.39, 0.29) is 0 Å². The van der Waals surface area contributed by atoms with Crippen LogP contribution in [0.2, 0.25) is 0 Å². The first-order chi connectivity index (χ1) is 7.45. The zero-order chi connectivity index (χ0) is 10.3. The largest absolute Gasteiger partial charge is 0.315 e. The summed E-state index contributed by atoms with van der Waals surface area (Å²) in [5.41, 5.74) is 0. The maximum atomic E-state index is 3.46. The first-order valence-corrected chi connectivity index (χ1v) is 7.34. The van der Waals surface area contributed by atoms with Crippen molar-refractivity contribution >= 4 is 11.8 Å². The van der Waals surface area contributed by atoms with Crippen molar-refractivity contribution < 1.29 is 0 Å². The second-order valence-electron chi connectivity index (χ2n) is 4.40. The molecule has 0 aromatic heterocycles. The Labute approximate surface area is 97.6 Å². The Kier molecular flexibility index (Phi) is 5.26. The minimum Gasteiger partial charge on any atom is -0.315 e. The molecule has 0 unspecified atom stereocenters. The highest BCUT2D eigenvalue weighted by molar-refractivity contribution is 7.99. The zero-order valence-corrected chi connectivity index (χ0v) is 10.4. The van der Waals surface area contributed by atoms with Crippen LogP contribution in [0.5, 0.6) is 0 Å². The van der Waals surface area contributed by atoms with Crippen molar-refractivity contribution in [3.05, 3.63) is 0 Å². The van der Waals surface area contributed by atoms with E-state index in [1.165, 1.54) is 70.3 Å². The highest BCUT2D eigenvalue weighted by Crippen LogP contribution is 2.08. The van der Waals surface area contributed by atoms with E-state index in [0.717, 1.165) is 0 Å². The average Bonchev–Trinajstić information content (AvgIpc) is 2.56. The summed E-state index contributed by atoms with van der Waals surface area (Å²) >= 11 is 2.10. The van der Waals surface area contributed by atoms with E-state index in [2.05, 4.69) is 26.9 Å². The normalized spacial score (nSPS) is 26.4. The van der Waals surface area contributed by atoms with Crippen LogP contribution in [-0.2, 0) is 0 Å². The number of thioether (sulfide) groups is 1. The lowest BCUT2D eigenvalue weighted by Gasteiger charge is -2.29. The van der Waals surface area contributed by atoms with Crippen LogP contribution in [0, 0.1) is 0 Å². The predicted octanol–water partition coefficient (Wildman–Crippen LogP) is 0.331. The van der Waals surface area contributed by atoms with Gasteiger partial charge in [0.1, 0.15) is 0 Å². The lowest BCUT2D eigenvalue weighted by Crippen LogP contribution is -2.40. The summed E-state index contributed by atoms with van der Waals surface area (Å²) in [5.74, 6) is 2.67. The van der Waals surface area contributed by atoms with E-state index in [1.54, 1.807) is 0 Å². The van der Waals surface area contributed by atoms with E-state index < -0.39 is 0 Å². The summed E-state index contributed by atoms with van der Waals surface area (Å²) in [6.07, 6.45) is 1.32. The van der Waals surface area contributed by atoms with E-state index in [9.17, 15) is 0 Å². The third kappa shape index (κ3) is 4.31. The average molecular weight is 229 g/mol. The van der Waals surface area contributed by atoms with E-state index in [4.69, 9.17) is 0 Å². The highest BCUT2D eigenvalue weighted by Gasteiger charge is 2.13. The Morgan fingerprint density at radius 3 is 2.40 bits per heavy atom. The molecule has 0 amide bonds. The fourth-order valence-corrected chi connectivity index (χ4v) is 3.21. The van der Waals surface area contributed by atoms with Crippen LogP contribution in [0.1, 0.15) is 6.42 Å². The van der Waals surface area contributed by atoms with E-state index in [1.807, 2.05) is 0 Å². The smallest absolute Gasteiger partial charge is 0.0110 e. The van der Waals surface area contributed by atoms with Gasteiger partial charge < -0.3 is 15.1 Å². The summed E-state index contributed by atoms with van der Waals surface area (Å²) in [6, 6.07) is 0. The molecule has 4 heteroatoms. The predicted molar refractivity (Wildman–Crippen MR) is 67.7 cm³/mol. The van der Waals surface area contributed by atoms with Crippen molar-refractivity contribution in [1.82, 2.24) is 15.1 Å². The van der Waals surface area contributed by atoms with Gasteiger partial charge >= 0.3 is 0 Å². The molecular formula is C11H23N3S. The third-order valence-corrected chi connectivity index (χ3v) is 4.21. The number of rotatable bonds is 3. The molecule has 0 aromatic carbocycles. The molecule has 15 heavy (non-hydrogen) atoms. The maximum absolute atomic E-state index is 3.46. The summed E-state index contributed by atoms with van der Waals surface area (Å²) in [5, 5.41) is 3.46. The first kappa shape index (κ1) is 11.7. The van der Waals surface area contributed by atoms with Crippen LogP contribution in [0.25, 0.3) is 0 Å². The summed E-state index contributed by atoms with van der Waals surface area (Å²) in [7, 11) is 0. The molecular weight excluding hydrogens is 206 g/mol. The van der Waals surface area contributed by atoms with Crippen LogP contribution in [0.4, 0.5) is 0 Å². The van der Waals surface area contributed by atoms with Crippen molar-refractivity contribution in [1.29, 1.82) is 0 Å². The van der Waals surface area contributed by atoms with Gasteiger partial charge in [0.2, 0.25) is 0 Å². The van der Waals surface area contributed by atoms with Gasteiger partial charge in [-0.05, 0) is 19.5 Å². The molecule has 0 spiro atoms. The molecule has 0 radical (unpaired) electrons. The minimum atomic E-state index is 1.18. The number of nitrogens with zero attached hydrogens (tertiary/aromatic N) is 2. The quantitative estimate of drug-likeness (QED) is 0.751. The molecule has 0 atom stereocenters. The van der Waals surface area contributed by atoms with Gasteiger partial charge in [0, 0.05) is 50.8 Å². The van der Waals surface area contributed by atoms with E-state index >= 15 is 0 Å². The third-order valence-electron chi connectivity index (χ3n) is 3.27. The first-order valence-electron chi connectivity index (χ1n) is 6.18. The molecule has 2 saturated heterocycles. The van der Waals surface area contributed by atoms with E-state index in [0.29, 0.717) is 0 Å². The SMILES string of the molecule is C1CNCCN(CCN2CCSCC2)C1. The lowest BCUT2D eigenvalue weighted by atomic mass is 10.3. The molecule has 2 heterocycles. The van der Waals surface area contributed by atoms with Gasteiger partial charge in [-0.3, -0.25) is 0 Å². The topological polar surface area (TPSA) is 18.5 Å². The van der Waals surface area contributed by atoms with Crippen molar-refractivity contribution in [3.63, 3.8) is 0 Å². The standard InChI is InChI=1S/C11H23N3S/c1-2-12-3-5-13(4-1)6-7-14-8-10-15-11-9-14/h12H,1-11H2. The molecule has 2 fully saturated rings. The van der Waals surface area contributed by atoms with Gasteiger partial charge in [0.15, 0.2) is 0 Å². The van der Waals surface area contributed by atoms with Gasteiger partial charge in [0.25, 0.3) is 0 Å². The van der Waals surface area contributed by atoms with Crippen molar-refractivity contribution in [3.8, 4) is 0 Å². The Morgan fingerprint density at radius 2 is 1.60 bits per heavy atom.